The first kappa shape index (κ1) is 20.6. The number of carboxylic acid groups (broad SMARTS) is 1. The van der Waals surface area contributed by atoms with E-state index in [1.807, 2.05) is 13.8 Å². The zero-order chi connectivity index (χ0) is 15.3. The van der Waals surface area contributed by atoms with E-state index < -0.39 is 13.8 Å². The van der Waals surface area contributed by atoms with Gasteiger partial charge < -0.3 is 23.8 Å². The Bertz CT molecular complexity index is 277. The lowest BCUT2D eigenvalue weighted by atomic mass is 10.4. The average Bonchev–Trinajstić information content (AvgIpc) is 2.30. The van der Waals surface area contributed by atoms with Crippen LogP contribution in [-0.2, 0) is 18.4 Å². The molecule has 0 spiro atoms. The maximum absolute atomic E-state index is 11.0. The van der Waals surface area contributed by atoms with Crippen LogP contribution in [0.25, 0.3) is 0 Å². The molecule has 6 nitrogen and oxygen atoms in total. The minimum Gasteiger partial charge on any atom is -0.756 e. The molecule has 0 saturated heterocycles. The maximum Gasteiger partial charge on any atom is 0.267 e. The summed E-state index contributed by atoms with van der Waals surface area (Å²) in [5, 5.41) is 9.49. The Labute approximate surface area is 115 Å². The molecule has 0 heterocycles. The molecule has 0 aromatic carbocycles. The van der Waals surface area contributed by atoms with Crippen LogP contribution in [-0.4, -0.2) is 19.2 Å². The molecular weight excluding hydrogens is 271 g/mol. The second kappa shape index (κ2) is 12.4. The molecule has 0 aromatic rings. The minimum atomic E-state index is -4.00. The third kappa shape index (κ3) is 17.3. The van der Waals surface area contributed by atoms with Crippen molar-refractivity contribution in [1.82, 2.24) is 0 Å². The first-order valence-corrected chi connectivity index (χ1v) is 7.69. The largest absolute Gasteiger partial charge is 0.756 e. The molecule has 114 valence electrons. The van der Waals surface area contributed by atoms with Crippen molar-refractivity contribution in [3.63, 3.8) is 0 Å². The average molecular weight is 294 g/mol. The number of phosphoric ester groups is 1. The van der Waals surface area contributed by atoms with Gasteiger partial charge in [0.1, 0.15) is 0 Å². The Morgan fingerprint density at radius 1 is 1.16 bits per heavy atom. The summed E-state index contributed by atoms with van der Waals surface area (Å²) in [6.45, 7) is 8.87. The minimum absolute atomic E-state index is 0.0648. The van der Waals surface area contributed by atoms with Crippen molar-refractivity contribution < 1.29 is 28.4 Å². The van der Waals surface area contributed by atoms with Crippen molar-refractivity contribution in [3.05, 3.63) is 12.2 Å². The summed E-state index contributed by atoms with van der Waals surface area (Å²) in [6.07, 6.45) is 3.30. The molecule has 0 bridgehead atoms. The molecule has 0 N–H and O–H groups in total. The van der Waals surface area contributed by atoms with Crippen LogP contribution >= 0.6 is 7.82 Å². The third-order valence-electron chi connectivity index (χ3n) is 1.84. The number of hydrogen-bond donors (Lipinski definition) is 0. The SMILES string of the molecule is C=C(C)C(=O)[O-].CCCCOP(=O)([O-])OCCCC. The highest BCUT2D eigenvalue weighted by atomic mass is 31.2. The second-order valence-electron chi connectivity index (χ2n) is 3.89. The van der Waals surface area contributed by atoms with E-state index in [0.29, 0.717) is 0 Å². The first-order valence-electron chi connectivity index (χ1n) is 6.23. The molecule has 0 saturated carbocycles. The number of aliphatic carboxylic acids is 1. The summed E-state index contributed by atoms with van der Waals surface area (Å²) >= 11 is 0. The van der Waals surface area contributed by atoms with Crippen molar-refractivity contribution in [2.75, 3.05) is 13.2 Å². The molecule has 0 aliphatic carbocycles. The van der Waals surface area contributed by atoms with E-state index in [2.05, 4.69) is 15.6 Å². The first-order chi connectivity index (χ1) is 8.76. The van der Waals surface area contributed by atoms with E-state index in [9.17, 15) is 19.4 Å². The van der Waals surface area contributed by atoms with E-state index in [1.165, 1.54) is 6.92 Å². The summed E-state index contributed by atoms with van der Waals surface area (Å²) in [7, 11) is -4.00. The highest BCUT2D eigenvalue weighted by Crippen LogP contribution is 2.38. The summed E-state index contributed by atoms with van der Waals surface area (Å²) < 4.78 is 20.2. The van der Waals surface area contributed by atoms with Gasteiger partial charge in [0.25, 0.3) is 7.82 Å². The molecule has 0 aliphatic rings. The number of phosphoric acid groups is 1. The fourth-order valence-corrected chi connectivity index (χ4v) is 1.46. The Hall–Kier alpha value is -0.680. The second-order valence-corrected chi connectivity index (χ2v) is 5.30. The van der Waals surface area contributed by atoms with E-state index in [0.717, 1.165) is 25.7 Å². The van der Waals surface area contributed by atoms with Crippen molar-refractivity contribution in [1.29, 1.82) is 0 Å². The molecule has 0 aromatic heterocycles. The molecule has 0 unspecified atom stereocenters. The highest BCUT2D eigenvalue weighted by Gasteiger charge is 2.07. The highest BCUT2D eigenvalue weighted by molar-refractivity contribution is 7.45. The van der Waals surface area contributed by atoms with Crippen molar-refractivity contribution in [2.24, 2.45) is 0 Å². The zero-order valence-corrected chi connectivity index (χ0v) is 12.7. The lowest BCUT2D eigenvalue weighted by molar-refractivity contribution is -0.299. The van der Waals surface area contributed by atoms with E-state index in [-0.39, 0.29) is 18.8 Å². The van der Waals surface area contributed by atoms with Crippen LogP contribution in [0.2, 0.25) is 0 Å². The molecular formula is C12H23O6P-2. The van der Waals surface area contributed by atoms with Gasteiger partial charge in [0.15, 0.2) is 0 Å². The fraction of sp³-hybridized carbons (Fsp3) is 0.750. The molecule has 0 rings (SSSR count). The van der Waals surface area contributed by atoms with Crippen LogP contribution < -0.4 is 10.00 Å². The molecule has 0 atom stereocenters. The van der Waals surface area contributed by atoms with Crippen LogP contribution in [0.15, 0.2) is 12.2 Å². The number of carbonyl (C=O) groups excluding carboxylic acids is 1. The smallest absolute Gasteiger partial charge is 0.267 e. The monoisotopic (exact) mass is 294 g/mol. The molecule has 0 fully saturated rings. The summed E-state index contributed by atoms with van der Waals surface area (Å²) in [5.41, 5.74) is 0.0648. The Kier molecular flexibility index (Phi) is 13.4. The topological polar surface area (TPSA) is 98.7 Å². The van der Waals surface area contributed by atoms with E-state index >= 15 is 0 Å². The van der Waals surface area contributed by atoms with Crippen LogP contribution in [0.4, 0.5) is 0 Å². The Balaban J connectivity index is 0. The van der Waals surface area contributed by atoms with E-state index in [1.54, 1.807) is 0 Å². The Morgan fingerprint density at radius 3 is 1.68 bits per heavy atom. The number of rotatable bonds is 9. The van der Waals surface area contributed by atoms with Crippen molar-refractivity contribution in [2.45, 2.75) is 46.5 Å². The van der Waals surface area contributed by atoms with Gasteiger partial charge in [-0.3, -0.25) is 4.57 Å². The number of unbranched alkanes of at least 4 members (excludes halogenated alkanes) is 2. The van der Waals surface area contributed by atoms with Gasteiger partial charge in [-0.25, -0.2) is 0 Å². The third-order valence-corrected chi connectivity index (χ3v) is 2.84. The lowest BCUT2D eigenvalue weighted by Crippen LogP contribution is -2.22. The van der Waals surface area contributed by atoms with Gasteiger partial charge >= 0.3 is 0 Å². The number of carbonyl (C=O) groups is 1. The van der Waals surface area contributed by atoms with Crippen LogP contribution in [0.3, 0.4) is 0 Å². The zero-order valence-electron chi connectivity index (χ0n) is 11.8. The molecule has 19 heavy (non-hydrogen) atoms. The van der Waals surface area contributed by atoms with Gasteiger partial charge in [-0.2, -0.15) is 0 Å². The van der Waals surface area contributed by atoms with Crippen LogP contribution in [0.1, 0.15) is 46.5 Å². The fourth-order valence-electron chi connectivity index (χ4n) is 0.679. The van der Waals surface area contributed by atoms with Gasteiger partial charge in [0, 0.05) is 0 Å². The van der Waals surface area contributed by atoms with Crippen molar-refractivity contribution >= 4 is 13.8 Å². The van der Waals surface area contributed by atoms with Crippen molar-refractivity contribution in [3.8, 4) is 0 Å². The molecule has 0 amide bonds. The summed E-state index contributed by atoms with van der Waals surface area (Å²) in [4.78, 5) is 20.5. The number of hydrogen-bond acceptors (Lipinski definition) is 6. The summed E-state index contributed by atoms with van der Waals surface area (Å²) in [6, 6.07) is 0. The van der Waals surface area contributed by atoms with Crippen LogP contribution in [0, 0.1) is 0 Å². The Morgan fingerprint density at radius 2 is 1.47 bits per heavy atom. The standard InChI is InChI=1S/C8H19O4P.C4H6O2/c1-3-5-7-11-13(9,10)12-8-6-4-2;1-3(2)4(5)6/h3-8H2,1-2H3,(H,9,10);1H2,2H3,(H,5,6)/p-2. The lowest BCUT2D eigenvalue weighted by Gasteiger charge is -2.22. The number of carboxylic acids is 1. The van der Waals surface area contributed by atoms with Crippen LogP contribution in [0.5, 0.6) is 0 Å². The van der Waals surface area contributed by atoms with Gasteiger partial charge in [0.2, 0.25) is 0 Å². The quantitative estimate of drug-likeness (QED) is 0.362. The van der Waals surface area contributed by atoms with E-state index in [4.69, 9.17) is 0 Å². The predicted molar refractivity (Wildman–Crippen MR) is 69.1 cm³/mol. The predicted octanol–water partition coefficient (Wildman–Crippen LogP) is 1.40. The van der Waals surface area contributed by atoms with Gasteiger partial charge in [-0.15, -0.1) is 0 Å². The normalized spacial score (nSPS) is 10.5. The van der Waals surface area contributed by atoms with Gasteiger partial charge in [0.05, 0.1) is 19.2 Å². The van der Waals surface area contributed by atoms with Gasteiger partial charge in [-0.05, 0) is 25.3 Å². The summed E-state index contributed by atoms with van der Waals surface area (Å²) in [5.74, 6) is -1.19. The maximum atomic E-state index is 11.0. The van der Waals surface area contributed by atoms with Gasteiger partial charge in [-0.1, -0.05) is 33.3 Å². The molecule has 7 heteroatoms. The molecule has 0 aliphatic heterocycles. The molecule has 0 radical (unpaired) electrons.